The highest BCUT2D eigenvalue weighted by Gasteiger charge is 2.19. The number of nitrogens with zero attached hydrogens (tertiary/aromatic N) is 1. The van der Waals surface area contributed by atoms with Crippen LogP contribution in [-0.4, -0.2) is 49.8 Å². The molecule has 0 spiro atoms. The molecule has 0 aromatic carbocycles. The van der Waals surface area contributed by atoms with Gasteiger partial charge in [-0.2, -0.15) is 0 Å². The van der Waals surface area contributed by atoms with Gasteiger partial charge in [0.2, 0.25) is 0 Å². The molecule has 1 saturated heterocycles. The van der Waals surface area contributed by atoms with Gasteiger partial charge in [-0.1, -0.05) is 13.8 Å². The molecule has 1 atom stereocenters. The average Bonchev–Trinajstić information content (AvgIpc) is 2.18. The predicted octanol–water partition coefficient (Wildman–Crippen LogP) is 0.936. The van der Waals surface area contributed by atoms with Gasteiger partial charge in [0.25, 0.3) is 0 Å². The minimum absolute atomic E-state index is 0.0145. The van der Waals surface area contributed by atoms with Crippen molar-refractivity contribution in [1.29, 1.82) is 0 Å². The van der Waals surface area contributed by atoms with Crippen LogP contribution in [-0.2, 0) is 0 Å². The molecule has 0 radical (unpaired) electrons. The summed E-state index contributed by atoms with van der Waals surface area (Å²) in [5, 5.41) is 12.6. The van der Waals surface area contributed by atoms with Gasteiger partial charge in [0, 0.05) is 25.1 Å². The minimum Gasteiger partial charge on any atom is -0.396 e. The van der Waals surface area contributed by atoms with E-state index < -0.39 is 0 Å². The third kappa shape index (κ3) is 4.96. The lowest BCUT2D eigenvalue weighted by molar-refractivity contribution is 0.149. The number of rotatable bonds is 5. The van der Waals surface area contributed by atoms with Gasteiger partial charge in [-0.15, -0.1) is 0 Å². The normalized spacial score (nSPS) is 24.4. The van der Waals surface area contributed by atoms with Crippen molar-refractivity contribution in [3.05, 3.63) is 0 Å². The first-order valence-electron chi connectivity index (χ1n) is 6.03. The van der Waals surface area contributed by atoms with E-state index >= 15 is 0 Å². The smallest absolute Gasteiger partial charge is 0.0494 e. The van der Waals surface area contributed by atoms with Crippen LogP contribution in [0.15, 0.2) is 0 Å². The van der Waals surface area contributed by atoms with Gasteiger partial charge in [-0.25, -0.2) is 0 Å². The molecule has 1 fully saturated rings. The third-order valence-electron chi connectivity index (χ3n) is 3.19. The number of piperidine rings is 1. The summed E-state index contributed by atoms with van der Waals surface area (Å²) < 4.78 is 0. The fraction of sp³-hybridized carbons (Fsp3) is 1.00. The van der Waals surface area contributed by atoms with Crippen molar-refractivity contribution < 1.29 is 5.11 Å². The van der Waals surface area contributed by atoms with Crippen LogP contribution in [0.5, 0.6) is 0 Å². The monoisotopic (exact) mass is 214 g/mol. The topological polar surface area (TPSA) is 35.5 Å². The highest BCUT2D eigenvalue weighted by Crippen LogP contribution is 2.15. The quantitative estimate of drug-likeness (QED) is 0.715. The molecule has 1 aliphatic heterocycles. The maximum absolute atomic E-state index is 9.12. The number of likely N-dealkylation sites (tertiary alicyclic amines) is 1. The van der Waals surface area contributed by atoms with Gasteiger partial charge in [0.1, 0.15) is 0 Å². The summed E-state index contributed by atoms with van der Waals surface area (Å²) >= 11 is 0. The SMILES string of the molecule is CN1CCCC(CNCC(C)(C)CO)C1. The van der Waals surface area contributed by atoms with Crippen LogP contribution in [0.25, 0.3) is 0 Å². The van der Waals surface area contributed by atoms with E-state index in [2.05, 4.69) is 31.1 Å². The van der Waals surface area contributed by atoms with Crippen LogP contribution >= 0.6 is 0 Å². The second kappa shape index (κ2) is 5.83. The highest BCUT2D eigenvalue weighted by atomic mass is 16.3. The Labute approximate surface area is 93.9 Å². The van der Waals surface area contributed by atoms with Gasteiger partial charge in [0.15, 0.2) is 0 Å². The highest BCUT2D eigenvalue weighted by molar-refractivity contribution is 4.75. The summed E-state index contributed by atoms with van der Waals surface area (Å²) in [6.45, 7) is 8.90. The Morgan fingerprint density at radius 2 is 2.20 bits per heavy atom. The molecule has 0 aromatic heterocycles. The number of aliphatic hydroxyl groups is 1. The van der Waals surface area contributed by atoms with Crippen LogP contribution in [0.1, 0.15) is 26.7 Å². The van der Waals surface area contributed by atoms with E-state index in [1.807, 2.05) is 0 Å². The molecule has 1 unspecified atom stereocenters. The molecular formula is C12H26N2O. The number of nitrogens with one attached hydrogen (secondary N) is 1. The van der Waals surface area contributed by atoms with Gasteiger partial charge in [-0.3, -0.25) is 0 Å². The summed E-state index contributed by atoms with van der Waals surface area (Å²) in [5.74, 6) is 0.790. The molecule has 2 N–H and O–H groups in total. The molecule has 1 heterocycles. The van der Waals surface area contributed by atoms with Crippen molar-refractivity contribution in [2.24, 2.45) is 11.3 Å². The fourth-order valence-electron chi connectivity index (χ4n) is 2.11. The van der Waals surface area contributed by atoms with Crippen molar-refractivity contribution in [2.75, 3.05) is 39.8 Å². The molecule has 0 aliphatic carbocycles. The summed E-state index contributed by atoms with van der Waals surface area (Å²) in [7, 11) is 2.20. The van der Waals surface area contributed by atoms with Crippen molar-refractivity contribution in [3.63, 3.8) is 0 Å². The van der Waals surface area contributed by atoms with Gasteiger partial charge >= 0.3 is 0 Å². The van der Waals surface area contributed by atoms with Crippen molar-refractivity contribution in [3.8, 4) is 0 Å². The van der Waals surface area contributed by atoms with Gasteiger partial charge in [-0.05, 0) is 38.9 Å². The number of hydrogen-bond donors (Lipinski definition) is 2. The maximum atomic E-state index is 9.12. The Morgan fingerprint density at radius 1 is 1.47 bits per heavy atom. The Hall–Kier alpha value is -0.120. The molecule has 3 nitrogen and oxygen atoms in total. The molecule has 0 bridgehead atoms. The van der Waals surface area contributed by atoms with Gasteiger partial charge < -0.3 is 15.3 Å². The predicted molar refractivity (Wildman–Crippen MR) is 64.0 cm³/mol. The Balaban J connectivity index is 2.14. The van der Waals surface area contributed by atoms with E-state index in [0.717, 1.165) is 19.0 Å². The summed E-state index contributed by atoms with van der Waals surface area (Å²) in [6.07, 6.45) is 2.67. The van der Waals surface area contributed by atoms with E-state index in [4.69, 9.17) is 5.11 Å². The standard InChI is InChI=1S/C12H26N2O/c1-12(2,10-15)9-13-7-11-5-4-6-14(3)8-11/h11,13,15H,4-10H2,1-3H3. The molecule has 1 rings (SSSR count). The van der Waals surface area contributed by atoms with Crippen LogP contribution in [0.4, 0.5) is 0 Å². The van der Waals surface area contributed by atoms with E-state index in [1.165, 1.54) is 25.9 Å². The molecule has 0 aromatic rings. The lowest BCUT2D eigenvalue weighted by atomic mass is 9.94. The van der Waals surface area contributed by atoms with Crippen molar-refractivity contribution in [2.45, 2.75) is 26.7 Å². The fourth-order valence-corrected chi connectivity index (χ4v) is 2.11. The van der Waals surface area contributed by atoms with E-state index in [9.17, 15) is 0 Å². The first-order valence-corrected chi connectivity index (χ1v) is 6.03. The average molecular weight is 214 g/mol. The zero-order valence-electron chi connectivity index (χ0n) is 10.4. The molecule has 0 saturated carbocycles. The van der Waals surface area contributed by atoms with Crippen LogP contribution in [0.2, 0.25) is 0 Å². The summed E-state index contributed by atoms with van der Waals surface area (Å²) in [4.78, 5) is 2.41. The third-order valence-corrected chi connectivity index (χ3v) is 3.19. The maximum Gasteiger partial charge on any atom is 0.0494 e. The van der Waals surface area contributed by atoms with E-state index in [-0.39, 0.29) is 12.0 Å². The first-order chi connectivity index (χ1) is 7.03. The van der Waals surface area contributed by atoms with Crippen LogP contribution < -0.4 is 5.32 Å². The molecule has 1 aliphatic rings. The van der Waals surface area contributed by atoms with E-state index in [0.29, 0.717) is 0 Å². The Morgan fingerprint density at radius 3 is 2.80 bits per heavy atom. The first kappa shape index (κ1) is 12.9. The lowest BCUT2D eigenvalue weighted by Crippen LogP contribution is -2.40. The van der Waals surface area contributed by atoms with Gasteiger partial charge in [0.05, 0.1) is 0 Å². The lowest BCUT2D eigenvalue weighted by Gasteiger charge is -2.31. The second-order valence-corrected chi connectivity index (χ2v) is 5.72. The largest absolute Gasteiger partial charge is 0.396 e. The Kier molecular flexibility index (Phi) is 5.03. The molecule has 15 heavy (non-hydrogen) atoms. The second-order valence-electron chi connectivity index (χ2n) is 5.72. The van der Waals surface area contributed by atoms with Crippen LogP contribution in [0, 0.1) is 11.3 Å². The van der Waals surface area contributed by atoms with Crippen molar-refractivity contribution in [1.82, 2.24) is 10.2 Å². The molecule has 0 amide bonds. The zero-order chi connectivity index (χ0) is 11.3. The minimum atomic E-state index is 0.0145. The van der Waals surface area contributed by atoms with Crippen molar-refractivity contribution >= 4 is 0 Å². The van der Waals surface area contributed by atoms with Crippen LogP contribution in [0.3, 0.4) is 0 Å². The van der Waals surface area contributed by atoms with E-state index in [1.54, 1.807) is 0 Å². The summed E-state index contributed by atoms with van der Waals surface area (Å²) in [5.41, 5.74) is 0.0145. The number of hydrogen-bond acceptors (Lipinski definition) is 3. The Bertz CT molecular complexity index is 182. The summed E-state index contributed by atoms with van der Waals surface area (Å²) in [6, 6.07) is 0. The molecular weight excluding hydrogens is 188 g/mol. The zero-order valence-corrected chi connectivity index (χ0v) is 10.4. The number of aliphatic hydroxyl groups excluding tert-OH is 1. The molecule has 90 valence electrons. The molecule has 3 heteroatoms.